The summed E-state index contributed by atoms with van der Waals surface area (Å²) in [6.45, 7) is 5.10. The molecule has 0 aliphatic heterocycles. The van der Waals surface area contributed by atoms with Gasteiger partial charge in [0.15, 0.2) is 0 Å². The van der Waals surface area contributed by atoms with E-state index in [4.69, 9.17) is 11.6 Å². The number of halogens is 1. The van der Waals surface area contributed by atoms with E-state index >= 15 is 0 Å². The van der Waals surface area contributed by atoms with Crippen LogP contribution < -0.4 is 5.32 Å². The molecule has 0 aromatic heterocycles. The summed E-state index contributed by atoms with van der Waals surface area (Å²) in [6.07, 6.45) is 1.95. The molecule has 1 aromatic carbocycles. The molecular formula is C14H20ClNO. The standard InChI is InChI=1S/C14H20ClNO/c1-11(2)16-9-5-7-13(17)10-12-6-3-4-8-14(12)15/h3-4,6,8,11,16H,5,7,9-10H2,1-2H3. The number of carbonyl (C=O) groups excluding carboxylic acids is 1. The van der Waals surface area contributed by atoms with Gasteiger partial charge in [-0.2, -0.15) is 0 Å². The molecule has 0 heterocycles. The molecule has 1 N–H and O–H groups in total. The maximum absolute atomic E-state index is 11.7. The lowest BCUT2D eigenvalue weighted by Crippen LogP contribution is -2.24. The van der Waals surface area contributed by atoms with Crippen LogP contribution in [0.4, 0.5) is 0 Å². The van der Waals surface area contributed by atoms with Crippen molar-refractivity contribution >= 4 is 17.4 Å². The lowest BCUT2D eigenvalue weighted by molar-refractivity contribution is -0.118. The lowest BCUT2D eigenvalue weighted by Gasteiger charge is -2.07. The highest BCUT2D eigenvalue weighted by Crippen LogP contribution is 2.16. The minimum atomic E-state index is 0.253. The third kappa shape index (κ3) is 5.85. The molecule has 1 rings (SSSR count). The number of ketones is 1. The molecule has 0 amide bonds. The number of benzene rings is 1. The van der Waals surface area contributed by atoms with Gasteiger partial charge >= 0.3 is 0 Å². The topological polar surface area (TPSA) is 29.1 Å². The van der Waals surface area contributed by atoms with Gasteiger partial charge in [-0.3, -0.25) is 4.79 Å². The first kappa shape index (κ1) is 14.2. The number of rotatable bonds is 7. The molecule has 0 unspecified atom stereocenters. The van der Waals surface area contributed by atoms with Gasteiger partial charge in [-0.1, -0.05) is 43.6 Å². The molecule has 0 aliphatic rings. The summed E-state index contributed by atoms with van der Waals surface area (Å²) < 4.78 is 0. The maximum atomic E-state index is 11.7. The van der Waals surface area contributed by atoms with E-state index in [1.54, 1.807) is 0 Å². The Morgan fingerprint density at radius 3 is 2.71 bits per heavy atom. The van der Waals surface area contributed by atoms with Crippen molar-refractivity contribution in [2.75, 3.05) is 6.54 Å². The fourth-order valence-corrected chi connectivity index (χ4v) is 1.82. The lowest BCUT2D eigenvalue weighted by atomic mass is 10.1. The monoisotopic (exact) mass is 253 g/mol. The SMILES string of the molecule is CC(C)NCCCC(=O)Cc1ccccc1Cl. The average Bonchev–Trinajstić information content (AvgIpc) is 2.27. The van der Waals surface area contributed by atoms with E-state index in [1.165, 1.54) is 0 Å². The van der Waals surface area contributed by atoms with Gasteiger partial charge in [0.2, 0.25) is 0 Å². The molecule has 0 saturated carbocycles. The quantitative estimate of drug-likeness (QED) is 0.756. The Hall–Kier alpha value is -0.860. The normalized spacial score (nSPS) is 10.8. The van der Waals surface area contributed by atoms with E-state index in [0.29, 0.717) is 23.9 Å². The van der Waals surface area contributed by atoms with Gasteiger partial charge in [0.25, 0.3) is 0 Å². The minimum Gasteiger partial charge on any atom is -0.315 e. The maximum Gasteiger partial charge on any atom is 0.137 e. The summed E-state index contributed by atoms with van der Waals surface area (Å²) >= 11 is 6.01. The first-order chi connectivity index (χ1) is 8.09. The molecule has 0 bridgehead atoms. The van der Waals surface area contributed by atoms with Gasteiger partial charge < -0.3 is 5.32 Å². The van der Waals surface area contributed by atoms with Gasteiger partial charge in [-0.05, 0) is 24.6 Å². The second kappa shape index (κ2) is 7.46. The van der Waals surface area contributed by atoms with E-state index < -0.39 is 0 Å². The van der Waals surface area contributed by atoms with Crippen molar-refractivity contribution in [2.24, 2.45) is 0 Å². The zero-order chi connectivity index (χ0) is 12.7. The molecule has 0 atom stereocenters. The number of Topliss-reactive ketones (excluding diaryl/α,β-unsaturated/α-hetero) is 1. The summed E-state index contributed by atoms with van der Waals surface area (Å²) in [6, 6.07) is 8.00. The zero-order valence-corrected chi connectivity index (χ0v) is 11.3. The Morgan fingerprint density at radius 2 is 2.06 bits per heavy atom. The highest BCUT2D eigenvalue weighted by Gasteiger charge is 2.06. The predicted molar refractivity (Wildman–Crippen MR) is 72.5 cm³/mol. The molecule has 0 radical (unpaired) electrons. The molecule has 0 spiro atoms. The summed E-state index contributed by atoms with van der Waals surface area (Å²) in [5.74, 6) is 0.253. The minimum absolute atomic E-state index is 0.253. The smallest absolute Gasteiger partial charge is 0.137 e. The van der Waals surface area contributed by atoms with Gasteiger partial charge in [0, 0.05) is 23.9 Å². The van der Waals surface area contributed by atoms with Crippen molar-refractivity contribution in [3.8, 4) is 0 Å². The summed E-state index contributed by atoms with van der Waals surface area (Å²) in [5, 5.41) is 3.98. The van der Waals surface area contributed by atoms with Gasteiger partial charge in [-0.25, -0.2) is 0 Å². The van der Waals surface area contributed by atoms with Crippen molar-refractivity contribution in [1.82, 2.24) is 5.32 Å². The molecular weight excluding hydrogens is 234 g/mol. The third-order valence-electron chi connectivity index (χ3n) is 2.53. The fourth-order valence-electron chi connectivity index (χ4n) is 1.62. The first-order valence-corrected chi connectivity index (χ1v) is 6.46. The van der Waals surface area contributed by atoms with Gasteiger partial charge in [0.1, 0.15) is 5.78 Å². The molecule has 0 aliphatic carbocycles. The van der Waals surface area contributed by atoms with Crippen LogP contribution in [0.25, 0.3) is 0 Å². The number of nitrogens with one attached hydrogen (secondary N) is 1. The Balaban J connectivity index is 2.28. The highest BCUT2D eigenvalue weighted by molar-refractivity contribution is 6.31. The van der Waals surface area contributed by atoms with E-state index in [0.717, 1.165) is 18.5 Å². The third-order valence-corrected chi connectivity index (χ3v) is 2.90. The van der Waals surface area contributed by atoms with Crippen LogP contribution in [0.1, 0.15) is 32.3 Å². The van der Waals surface area contributed by atoms with Crippen LogP contribution in [0.15, 0.2) is 24.3 Å². The Labute approximate surface area is 108 Å². The van der Waals surface area contributed by atoms with Crippen LogP contribution in [-0.2, 0) is 11.2 Å². The predicted octanol–water partition coefficient (Wildman–Crippen LogP) is 3.23. The average molecular weight is 254 g/mol. The molecule has 94 valence electrons. The zero-order valence-electron chi connectivity index (χ0n) is 10.5. The van der Waals surface area contributed by atoms with Crippen molar-refractivity contribution in [2.45, 2.75) is 39.2 Å². The molecule has 1 aromatic rings. The molecule has 0 fully saturated rings. The molecule has 17 heavy (non-hydrogen) atoms. The second-order valence-corrected chi connectivity index (χ2v) is 4.93. The second-order valence-electron chi connectivity index (χ2n) is 4.52. The summed E-state index contributed by atoms with van der Waals surface area (Å²) in [5.41, 5.74) is 0.927. The summed E-state index contributed by atoms with van der Waals surface area (Å²) in [7, 11) is 0. The number of hydrogen-bond donors (Lipinski definition) is 1. The van der Waals surface area contributed by atoms with E-state index in [9.17, 15) is 4.79 Å². The Kier molecular flexibility index (Phi) is 6.23. The first-order valence-electron chi connectivity index (χ1n) is 6.08. The molecule has 3 heteroatoms. The van der Waals surface area contributed by atoms with E-state index in [2.05, 4.69) is 19.2 Å². The summed E-state index contributed by atoms with van der Waals surface area (Å²) in [4.78, 5) is 11.7. The molecule has 2 nitrogen and oxygen atoms in total. The highest BCUT2D eigenvalue weighted by atomic mass is 35.5. The Morgan fingerprint density at radius 1 is 1.35 bits per heavy atom. The van der Waals surface area contributed by atoms with Crippen LogP contribution in [0, 0.1) is 0 Å². The van der Waals surface area contributed by atoms with E-state index in [1.807, 2.05) is 24.3 Å². The van der Waals surface area contributed by atoms with Crippen LogP contribution >= 0.6 is 11.6 Å². The van der Waals surface area contributed by atoms with Crippen LogP contribution in [-0.4, -0.2) is 18.4 Å². The van der Waals surface area contributed by atoms with Gasteiger partial charge in [0.05, 0.1) is 0 Å². The number of hydrogen-bond acceptors (Lipinski definition) is 2. The van der Waals surface area contributed by atoms with Crippen LogP contribution in [0.5, 0.6) is 0 Å². The Bertz CT molecular complexity index is 363. The van der Waals surface area contributed by atoms with Crippen molar-refractivity contribution in [3.63, 3.8) is 0 Å². The van der Waals surface area contributed by atoms with Crippen molar-refractivity contribution in [1.29, 1.82) is 0 Å². The van der Waals surface area contributed by atoms with Crippen LogP contribution in [0.3, 0.4) is 0 Å². The number of carbonyl (C=O) groups is 1. The van der Waals surface area contributed by atoms with Crippen molar-refractivity contribution < 1.29 is 4.79 Å². The van der Waals surface area contributed by atoms with Gasteiger partial charge in [-0.15, -0.1) is 0 Å². The molecule has 0 saturated heterocycles. The largest absolute Gasteiger partial charge is 0.315 e. The fraction of sp³-hybridized carbons (Fsp3) is 0.500. The van der Waals surface area contributed by atoms with Crippen LogP contribution in [0.2, 0.25) is 5.02 Å². The van der Waals surface area contributed by atoms with Crippen molar-refractivity contribution in [3.05, 3.63) is 34.9 Å². The van der Waals surface area contributed by atoms with E-state index in [-0.39, 0.29) is 5.78 Å².